The van der Waals surface area contributed by atoms with Gasteiger partial charge in [-0.2, -0.15) is 10.2 Å². The molecule has 4 nitrogen and oxygen atoms in total. The number of nitrogens with one attached hydrogen (secondary N) is 1. The molecule has 0 bridgehead atoms. The minimum absolute atomic E-state index is 0.772. The van der Waals surface area contributed by atoms with E-state index in [9.17, 15) is 0 Å². The molecule has 60 valence electrons. The molecular formula is C7H12N4. The standard InChI is InChI=1S/C7H12N4/c1-6(2)8-9-7-4-5-11(3)10-7/h4-5H,1-3H3,(H,9,10). The largest absolute Gasteiger partial charge is 0.274 e. The van der Waals surface area contributed by atoms with Gasteiger partial charge in [-0.05, 0) is 13.8 Å². The molecule has 0 aliphatic rings. The van der Waals surface area contributed by atoms with Crippen molar-refractivity contribution in [3.63, 3.8) is 0 Å². The first-order chi connectivity index (χ1) is 5.18. The van der Waals surface area contributed by atoms with Crippen LogP contribution in [0.4, 0.5) is 5.82 Å². The summed E-state index contributed by atoms with van der Waals surface area (Å²) in [5.41, 5.74) is 3.80. The Hall–Kier alpha value is -1.32. The van der Waals surface area contributed by atoms with Crippen LogP contribution in [0.5, 0.6) is 0 Å². The van der Waals surface area contributed by atoms with Crippen molar-refractivity contribution in [1.82, 2.24) is 9.78 Å². The Labute approximate surface area is 65.9 Å². The molecule has 0 spiro atoms. The van der Waals surface area contributed by atoms with Gasteiger partial charge in [-0.15, -0.1) is 0 Å². The molecule has 0 saturated carbocycles. The molecular weight excluding hydrogens is 140 g/mol. The zero-order valence-electron chi connectivity index (χ0n) is 7.00. The summed E-state index contributed by atoms with van der Waals surface area (Å²) in [6.45, 7) is 3.85. The van der Waals surface area contributed by atoms with Gasteiger partial charge in [0.1, 0.15) is 0 Å². The van der Waals surface area contributed by atoms with Crippen LogP contribution in [0, 0.1) is 0 Å². The third kappa shape index (κ3) is 2.41. The van der Waals surface area contributed by atoms with Gasteiger partial charge >= 0.3 is 0 Å². The number of aromatic nitrogens is 2. The third-order valence-electron chi connectivity index (χ3n) is 1.11. The van der Waals surface area contributed by atoms with Gasteiger partial charge in [0.15, 0.2) is 5.82 Å². The summed E-state index contributed by atoms with van der Waals surface area (Å²) in [5, 5.41) is 8.08. The van der Waals surface area contributed by atoms with E-state index < -0.39 is 0 Å². The van der Waals surface area contributed by atoms with Crippen molar-refractivity contribution >= 4 is 11.5 Å². The Morgan fingerprint density at radius 2 is 2.36 bits per heavy atom. The van der Waals surface area contributed by atoms with E-state index >= 15 is 0 Å². The van der Waals surface area contributed by atoms with E-state index in [4.69, 9.17) is 0 Å². The third-order valence-corrected chi connectivity index (χ3v) is 1.11. The normalized spacial score (nSPS) is 9.36. The van der Waals surface area contributed by atoms with E-state index in [-0.39, 0.29) is 0 Å². The first-order valence-corrected chi connectivity index (χ1v) is 3.45. The van der Waals surface area contributed by atoms with Crippen molar-refractivity contribution in [2.45, 2.75) is 13.8 Å². The summed E-state index contributed by atoms with van der Waals surface area (Å²) in [4.78, 5) is 0. The van der Waals surface area contributed by atoms with Crippen LogP contribution in [0.1, 0.15) is 13.8 Å². The van der Waals surface area contributed by atoms with Crippen molar-refractivity contribution in [2.75, 3.05) is 5.43 Å². The Balaban J connectivity index is 2.58. The molecule has 4 heteroatoms. The molecule has 1 N–H and O–H groups in total. The number of hydrogen-bond acceptors (Lipinski definition) is 3. The molecule has 1 aromatic heterocycles. The van der Waals surface area contributed by atoms with Gasteiger partial charge < -0.3 is 0 Å². The van der Waals surface area contributed by atoms with E-state index in [1.807, 2.05) is 33.2 Å². The van der Waals surface area contributed by atoms with Gasteiger partial charge in [0.2, 0.25) is 0 Å². The number of hydrogen-bond donors (Lipinski definition) is 1. The summed E-state index contributed by atoms with van der Waals surface area (Å²) in [7, 11) is 1.87. The highest BCUT2D eigenvalue weighted by Crippen LogP contribution is 1.99. The summed E-state index contributed by atoms with van der Waals surface area (Å²) in [6, 6.07) is 1.87. The highest BCUT2D eigenvalue weighted by molar-refractivity contribution is 5.79. The Kier molecular flexibility index (Phi) is 2.25. The fourth-order valence-electron chi connectivity index (χ4n) is 0.644. The molecule has 1 heterocycles. The number of anilines is 1. The minimum atomic E-state index is 0.772. The van der Waals surface area contributed by atoms with Gasteiger partial charge in [-0.25, -0.2) is 0 Å². The summed E-state index contributed by atoms with van der Waals surface area (Å²) in [6.07, 6.45) is 1.86. The second-order valence-corrected chi connectivity index (χ2v) is 2.55. The molecule has 1 aromatic rings. The highest BCUT2D eigenvalue weighted by atomic mass is 15.4. The topological polar surface area (TPSA) is 42.2 Å². The van der Waals surface area contributed by atoms with Gasteiger partial charge in [0.25, 0.3) is 0 Å². The van der Waals surface area contributed by atoms with Crippen LogP contribution in [0.15, 0.2) is 17.4 Å². The second-order valence-electron chi connectivity index (χ2n) is 2.55. The van der Waals surface area contributed by atoms with Crippen molar-refractivity contribution in [1.29, 1.82) is 0 Å². The highest BCUT2D eigenvalue weighted by Gasteiger charge is 1.91. The number of rotatable bonds is 2. The molecule has 0 unspecified atom stereocenters. The summed E-state index contributed by atoms with van der Waals surface area (Å²) in [5.74, 6) is 0.772. The lowest BCUT2D eigenvalue weighted by molar-refractivity contribution is 0.769. The van der Waals surface area contributed by atoms with Crippen LogP contribution in [-0.2, 0) is 7.05 Å². The monoisotopic (exact) mass is 152 g/mol. The first kappa shape index (κ1) is 7.78. The maximum absolute atomic E-state index is 4.08. The molecule has 0 aliphatic carbocycles. The molecule has 11 heavy (non-hydrogen) atoms. The lowest BCUT2D eigenvalue weighted by Crippen LogP contribution is -1.95. The van der Waals surface area contributed by atoms with Gasteiger partial charge in [0.05, 0.1) is 0 Å². The van der Waals surface area contributed by atoms with E-state index in [1.165, 1.54) is 0 Å². The smallest absolute Gasteiger partial charge is 0.168 e. The number of nitrogens with zero attached hydrogens (tertiary/aromatic N) is 3. The fraction of sp³-hybridized carbons (Fsp3) is 0.429. The van der Waals surface area contributed by atoms with Crippen LogP contribution in [0.25, 0.3) is 0 Å². The van der Waals surface area contributed by atoms with Crippen molar-refractivity contribution < 1.29 is 0 Å². The average Bonchev–Trinajstić information content (AvgIpc) is 2.31. The van der Waals surface area contributed by atoms with E-state index in [0.717, 1.165) is 11.5 Å². The van der Waals surface area contributed by atoms with Gasteiger partial charge in [-0.3, -0.25) is 10.1 Å². The second kappa shape index (κ2) is 3.18. The maximum Gasteiger partial charge on any atom is 0.168 e. The van der Waals surface area contributed by atoms with E-state index in [1.54, 1.807) is 4.68 Å². The predicted octanol–water partition coefficient (Wildman–Crippen LogP) is 1.23. The molecule has 0 atom stereocenters. The van der Waals surface area contributed by atoms with Crippen molar-refractivity contribution in [3.05, 3.63) is 12.3 Å². The minimum Gasteiger partial charge on any atom is -0.274 e. The molecule has 0 saturated heterocycles. The van der Waals surface area contributed by atoms with Crippen molar-refractivity contribution in [2.24, 2.45) is 12.1 Å². The Morgan fingerprint density at radius 1 is 1.64 bits per heavy atom. The summed E-state index contributed by atoms with van der Waals surface area (Å²) >= 11 is 0. The Morgan fingerprint density at radius 3 is 2.82 bits per heavy atom. The lowest BCUT2D eigenvalue weighted by atomic mass is 10.5. The van der Waals surface area contributed by atoms with Crippen LogP contribution < -0.4 is 5.43 Å². The quantitative estimate of drug-likeness (QED) is 0.511. The summed E-state index contributed by atoms with van der Waals surface area (Å²) < 4.78 is 1.73. The maximum atomic E-state index is 4.08. The van der Waals surface area contributed by atoms with Crippen molar-refractivity contribution in [3.8, 4) is 0 Å². The number of hydrazone groups is 1. The number of aryl methyl sites for hydroxylation is 1. The zero-order chi connectivity index (χ0) is 8.27. The molecule has 0 radical (unpaired) electrons. The predicted molar refractivity (Wildman–Crippen MR) is 45.6 cm³/mol. The molecule has 0 aliphatic heterocycles. The molecule has 0 aromatic carbocycles. The van der Waals surface area contributed by atoms with E-state index in [0.29, 0.717) is 0 Å². The van der Waals surface area contributed by atoms with E-state index in [2.05, 4.69) is 15.6 Å². The molecule has 0 amide bonds. The van der Waals surface area contributed by atoms with Crippen LogP contribution in [0.3, 0.4) is 0 Å². The molecule has 0 fully saturated rings. The average molecular weight is 152 g/mol. The van der Waals surface area contributed by atoms with Crippen LogP contribution in [0.2, 0.25) is 0 Å². The van der Waals surface area contributed by atoms with Gasteiger partial charge in [-0.1, -0.05) is 0 Å². The lowest BCUT2D eigenvalue weighted by Gasteiger charge is -1.93. The molecule has 1 rings (SSSR count). The SMILES string of the molecule is CC(C)=NNc1ccn(C)n1. The van der Waals surface area contributed by atoms with Crippen LogP contribution in [-0.4, -0.2) is 15.5 Å². The zero-order valence-corrected chi connectivity index (χ0v) is 7.00. The first-order valence-electron chi connectivity index (χ1n) is 3.45. The van der Waals surface area contributed by atoms with Gasteiger partial charge in [0, 0.05) is 25.0 Å². The Bertz CT molecular complexity index is 257. The fourth-order valence-corrected chi connectivity index (χ4v) is 0.644. The van der Waals surface area contributed by atoms with Crippen LogP contribution >= 0.6 is 0 Å².